The van der Waals surface area contributed by atoms with Crippen LogP contribution in [0.4, 0.5) is 11.5 Å². The first-order valence-corrected chi connectivity index (χ1v) is 13.1. The Bertz CT molecular complexity index is 1150. The number of anilines is 2. The first kappa shape index (κ1) is 21.2. The molecule has 3 heterocycles. The maximum Gasteiger partial charge on any atom is 0.254 e. The van der Waals surface area contributed by atoms with Crippen LogP contribution in [0.15, 0.2) is 30.5 Å². The number of hydrogen-bond acceptors (Lipinski definition) is 5. The molecular weight excluding hydrogens is 424 g/mol. The minimum Gasteiger partial charge on any atom is -0.353 e. The summed E-state index contributed by atoms with van der Waals surface area (Å²) >= 11 is 0. The molecule has 0 radical (unpaired) electrons. The van der Waals surface area contributed by atoms with Crippen LogP contribution in [-0.2, 0) is 10.0 Å². The van der Waals surface area contributed by atoms with Crippen LogP contribution in [0.2, 0.25) is 0 Å². The van der Waals surface area contributed by atoms with E-state index in [-0.39, 0.29) is 11.7 Å². The zero-order valence-electron chi connectivity index (χ0n) is 18.7. The van der Waals surface area contributed by atoms with Gasteiger partial charge in [-0.05, 0) is 73.9 Å². The standard InChI is InChI=1S/C24H30N4O3S/c1-17-15-21(28-8-3-13-32(28,30)31)6-7-22(17)24(29)27-11-9-26(10-12-27)23-18(2)14-20(16-25-23)19-4-5-19/h6-7,14-16,19H,3-5,8-13H2,1-2H3. The fourth-order valence-electron chi connectivity index (χ4n) is 4.82. The monoisotopic (exact) mass is 454 g/mol. The third kappa shape index (κ3) is 3.96. The van der Waals surface area contributed by atoms with Crippen LogP contribution >= 0.6 is 0 Å². The second-order valence-corrected chi connectivity index (χ2v) is 11.2. The molecule has 1 aliphatic carbocycles. The zero-order chi connectivity index (χ0) is 22.5. The van der Waals surface area contributed by atoms with E-state index in [9.17, 15) is 13.2 Å². The molecule has 0 spiro atoms. The van der Waals surface area contributed by atoms with Crippen LogP contribution in [0.25, 0.3) is 0 Å². The lowest BCUT2D eigenvalue weighted by atomic mass is 10.1. The Kier molecular flexibility index (Phi) is 5.35. The lowest BCUT2D eigenvalue weighted by Crippen LogP contribution is -2.49. The van der Waals surface area contributed by atoms with E-state index in [1.54, 1.807) is 12.1 Å². The predicted molar refractivity (Wildman–Crippen MR) is 126 cm³/mol. The van der Waals surface area contributed by atoms with Gasteiger partial charge in [0.2, 0.25) is 10.0 Å². The van der Waals surface area contributed by atoms with E-state index in [1.165, 1.54) is 28.3 Å². The first-order valence-electron chi connectivity index (χ1n) is 11.5. The molecule has 7 nitrogen and oxygen atoms in total. The van der Waals surface area contributed by atoms with Gasteiger partial charge in [-0.1, -0.05) is 6.07 Å². The number of pyridine rings is 1. The molecule has 0 unspecified atom stereocenters. The van der Waals surface area contributed by atoms with Crippen molar-refractivity contribution in [1.29, 1.82) is 0 Å². The van der Waals surface area contributed by atoms with Gasteiger partial charge >= 0.3 is 0 Å². The average molecular weight is 455 g/mol. The Balaban J connectivity index is 1.25. The predicted octanol–water partition coefficient (Wildman–Crippen LogP) is 3.08. The third-order valence-corrected chi connectivity index (χ3v) is 8.68. The molecule has 1 aromatic carbocycles. The van der Waals surface area contributed by atoms with E-state index < -0.39 is 10.0 Å². The van der Waals surface area contributed by atoms with E-state index >= 15 is 0 Å². The van der Waals surface area contributed by atoms with Crippen molar-refractivity contribution >= 4 is 27.4 Å². The fraction of sp³-hybridized carbons (Fsp3) is 0.500. The van der Waals surface area contributed by atoms with Gasteiger partial charge < -0.3 is 9.80 Å². The van der Waals surface area contributed by atoms with Gasteiger partial charge in [-0.3, -0.25) is 9.10 Å². The zero-order valence-corrected chi connectivity index (χ0v) is 19.6. The normalized spacial score (nSPS) is 20.6. The lowest BCUT2D eigenvalue weighted by molar-refractivity contribution is 0.0746. The summed E-state index contributed by atoms with van der Waals surface area (Å²) in [5.41, 5.74) is 4.66. The molecule has 32 heavy (non-hydrogen) atoms. The van der Waals surface area contributed by atoms with Crippen molar-refractivity contribution in [2.75, 3.05) is 47.7 Å². The Labute approximate surface area is 190 Å². The number of carbonyl (C=O) groups is 1. The maximum absolute atomic E-state index is 13.2. The summed E-state index contributed by atoms with van der Waals surface area (Å²) in [4.78, 5) is 22.1. The van der Waals surface area contributed by atoms with Crippen LogP contribution in [0.5, 0.6) is 0 Å². The van der Waals surface area contributed by atoms with Crippen molar-refractivity contribution in [3.05, 3.63) is 52.7 Å². The molecule has 3 fully saturated rings. The number of sulfonamides is 1. The first-order chi connectivity index (χ1) is 15.3. The highest BCUT2D eigenvalue weighted by molar-refractivity contribution is 7.93. The minimum absolute atomic E-state index is 0.00624. The van der Waals surface area contributed by atoms with Gasteiger partial charge in [0.05, 0.1) is 11.4 Å². The van der Waals surface area contributed by atoms with Gasteiger partial charge in [0.25, 0.3) is 5.91 Å². The summed E-state index contributed by atoms with van der Waals surface area (Å²) in [5, 5.41) is 0. The number of piperazine rings is 1. The van der Waals surface area contributed by atoms with Gasteiger partial charge in [0, 0.05) is 44.5 Å². The molecule has 1 saturated carbocycles. The largest absolute Gasteiger partial charge is 0.353 e. The summed E-state index contributed by atoms with van der Waals surface area (Å²) in [7, 11) is -3.22. The van der Waals surface area contributed by atoms with E-state index in [1.807, 2.05) is 24.1 Å². The summed E-state index contributed by atoms with van der Waals surface area (Å²) in [6.45, 7) is 7.31. The van der Waals surface area contributed by atoms with Crippen molar-refractivity contribution in [3.63, 3.8) is 0 Å². The number of hydrogen-bond donors (Lipinski definition) is 0. The van der Waals surface area contributed by atoms with E-state index in [0.717, 1.165) is 24.5 Å². The second-order valence-electron chi connectivity index (χ2n) is 9.20. The smallest absolute Gasteiger partial charge is 0.254 e. The van der Waals surface area contributed by atoms with Gasteiger partial charge in [-0.2, -0.15) is 0 Å². The molecular formula is C24H30N4O3S. The molecule has 0 N–H and O–H groups in total. The minimum atomic E-state index is -3.22. The van der Waals surface area contributed by atoms with Crippen LogP contribution < -0.4 is 9.21 Å². The molecule has 0 bridgehead atoms. The number of aryl methyl sites for hydroxylation is 2. The average Bonchev–Trinajstić information content (AvgIpc) is 3.56. The fourth-order valence-corrected chi connectivity index (χ4v) is 6.38. The van der Waals surface area contributed by atoms with Crippen molar-refractivity contribution in [2.24, 2.45) is 0 Å². The van der Waals surface area contributed by atoms with Crippen LogP contribution in [0.3, 0.4) is 0 Å². The highest BCUT2D eigenvalue weighted by Gasteiger charge is 2.30. The topological polar surface area (TPSA) is 73.8 Å². The Hall–Kier alpha value is -2.61. The molecule has 2 aromatic rings. The number of rotatable bonds is 4. The van der Waals surface area contributed by atoms with Crippen LogP contribution in [0.1, 0.15) is 52.2 Å². The molecule has 170 valence electrons. The molecule has 8 heteroatoms. The summed E-state index contributed by atoms with van der Waals surface area (Å²) in [6.07, 6.45) is 5.21. The maximum atomic E-state index is 13.2. The summed E-state index contributed by atoms with van der Waals surface area (Å²) in [5.74, 6) is 1.92. The lowest BCUT2D eigenvalue weighted by Gasteiger charge is -2.36. The van der Waals surface area contributed by atoms with Crippen LogP contribution in [0, 0.1) is 13.8 Å². The highest BCUT2D eigenvalue weighted by Crippen LogP contribution is 2.40. The van der Waals surface area contributed by atoms with Gasteiger partial charge in [0.15, 0.2) is 0 Å². The highest BCUT2D eigenvalue weighted by atomic mass is 32.2. The SMILES string of the molecule is Cc1cc(N2CCCS2(=O)=O)ccc1C(=O)N1CCN(c2ncc(C3CC3)cc2C)CC1. The van der Waals surface area contributed by atoms with E-state index in [0.29, 0.717) is 43.2 Å². The van der Waals surface area contributed by atoms with Gasteiger partial charge in [-0.15, -0.1) is 0 Å². The van der Waals surface area contributed by atoms with Gasteiger partial charge in [-0.25, -0.2) is 13.4 Å². The number of carbonyl (C=O) groups excluding carboxylic acids is 1. The molecule has 1 aromatic heterocycles. The number of amides is 1. The molecule has 0 atom stereocenters. The third-order valence-electron chi connectivity index (χ3n) is 6.81. The molecule has 3 aliphatic rings. The molecule has 2 saturated heterocycles. The van der Waals surface area contributed by atoms with E-state index in [2.05, 4.69) is 17.9 Å². The molecule has 1 amide bonds. The molecule has 2 aliphatic heterocycles. The van der Waals surface area contributed by atoms with Crippen molar-refractivity contribution in [2.45, 2.75) is 39.0 Å². The van der Waals surface area contributed by atoms with Crippen molar-refractivity contribution in [3.8, 4) is 0 Å². The quantitative estimate of drug-likeness (QED) is 0.710. The van der Waals surface area contributed by atoms with Gasteiger partial charge in [0.1, 0.15) is 5.82 Å². The van der Waals surface area contributed by atoms with Crippen molar-refractivity contribution in [1.82, 2.24) is 9.88 Å². The van der Waals surface area contributed by atoms with Crippen LogP contribution in [-0.4, -0.2) is 62.7 Å². The summed E-state index contributed by atoms with van der Waals surface area (Å²) in [6, 6.07) is 7.62. The van der Waals surface area contributed by atoms with E-state index in [4.69, 9.17) is 4.98 Å². The second kappa shape index (κ2) is 8.06. The summed E-state index contributed by atoms with van der Waals surface area (Å²) < 4.78 is 25.9. The Morgan fingerprint density at radius 3 is 2.34 bits per heavy atom. The number of benzene rings is 1. The Morgan fingerprint density at radius 1 is 1.00 bits per heavy atom. The molecule has 5 rings (SSSR count). The number of nitrogens with zero attached hydrogens (tertiary/aromatic N) is 4. The van der Waals surface area contributed by atoms with Crippen molar-refractivity contribution < 1.29 is 13.2 Å². The number of aromatic nitrogens is 1. The Morgan fingerprint density at radius 2 is 1.75 bits per heavy atom.